The van der Waals surface area contributed by atoms with Gasteiger partial charge in [-0.15, -0.1) is 0 Å². The molecule has 0 saturated carbocycles. The van der Waals surface area contributed by atoms with Crippen LogP contribution in [0.25, 0.3) is 6.08 Å². The van der Waals surface area contributed by atoms with Crippen molar-refractivity contribution in [1.82, 2.24) is 0 Å². The third-order valence-electron chi connectivity index (χ3n) is 2.69. The van der Waals surface area contributed by atoms with Gasteiger partial charge in [-0.25, -0.2) is 0 Å². The van der Waals surface area contributed by atoms with Crippen molar-refractivity contribution in [2.75, 3.05) is 0 Å². The maximum absolute atomic E-state index is 2.35. The van der Waals surface area contributed by atoms with Crippen molar-refractivity contribution < 1.29 is 0 Å². The minimum Gasteiger partial charge on any atom is -0.0767 e. The smallest absolute Gasteiger partial charge is 0.00397 e. The largest absolute Gasteiger partial charge is 0.0767 e. The number of allylic oxidation sites excluding steroid dienone is 1. The second kappa shape index (κ2) is 4.60. The Labute approximate surface area is 105 Å². The number of aryl methyl sites for hydroxylation is 1. The van der Waals surface area contributed by atoms with Crippen LogP contribution in [0.1, 0.15) is 22.6 Å². The molecule has 0 heterocycles. The summed E-state index contributed by atoms with van der Waals surface area (Å²) in [6.07, 6.45) is 4.64. The molecule has 0 nitrogen and oxygen atoms in total. The van der Waals surface area contributed by atoms with E-state index in [0.29, 0.717) is 0 Å². The summed E-state index contributed by atoms with van der Waals surface area (Å²) in [6, 6.07) is 7.99. The molecule has 2 heteroatoms. The molecule has 13 heavy (non-hydrogen) atoms. The molecule has 1 aliphatic carbocycles. The number of benzene rings is 1. The maximum Gasteiger partial charge on any atom is 0.00397 e. The van der Waals surface area contributed by atoms with E-state index in [-0.39, 0.29) is 29.6 Å². The number of fused-ring (bicyclic) bond motifs is 1. The molecule has 0 aromatic heterocycles. The predicted octanol–water partition coefficient (Wildman–Crippen LogP) is 1.51. The van der Waals surface area contributed by atoms with E-state index in [0.717, 1.165) is 5.92 Å². The van der Waals surface area contributed by atoms with E-state index in [1.807, 2.05) is 0 Å². The summed E-state index contributed by atoms with van der Waals surface area (Å²) in [6.45, 7) is 2.19. The second-order valence-electron chi connectivity index (χ2n) is 3.45. The van der Waals surface area contributed by atoms with E-state index in [4.69, 9.17) is 0 Å². The Balaban J connectivity index is 0.000000845. The van der Waals surface area contributed by atoms with Gasteiger partial charge in [-0.3, -0.25) is 0 Å². The van der Waals surface area contributed by atoms with Crippen molar-refractivity contribution in [3.8, 4) is 0 Å². The second-order valence-corrected chi connectivity index (χ2v) is 4.27. The first-order chi connectivity index (χ1) is 5.83. The molecule has 1 aromatic carbocycles. The normalized spacial score (nSPS) is 18.4. The molecule has 0 amide bonds. The molecule has 0 spiro atoms. The SMILES string of the molecule is Cc1cccc2c1C=CC2C[SiH3].[Na]. The van der Waals surface area contributed by atoms with Crippen LogP contribution in [-0.4, -0.2) is 39.8 Å². The zero-order valence-corrected chi connectivity index (χ0v) is 12.7. The zero-order valence-electron chi connectivity index (χ0n) is 8.67. The first-order valence-corrected chi connectivity index (χ1v) is 6.02. The van der Waals surface area contributed by atoms with Crippen LogP contribution in [0.15, 0.2) is 24.3 Å². The van der Waals surface area contributed by atoms with Gasteiger partial charge in [-0.05, 0) is 29.5 Å². The van der Waals surface area contributed by atoms with Gasteiger partial charge in [0.25, 0.3) is 0 Å². The van der Waals surface area contributed by atoms with Crippen LogP contribution in [0.2, 0.25) is 6.04 Å². The van der Waals surface area contributed by atoms with E-state index in [1.165, 1.54) is 27.4 Å². The monoisotopic (exact) mass is 197 g/mol. The predicted molar refractivity (Wildman–Crippen MR) is 63.5 cm³/mol. The Morgan fingerprint density at radius 2 is 2.15 bits per heavy atom. The minimum absolute atomic E-state index is 0. The molecule has 63 valence electrons. The minimum atomic E-state index is 0. The van der Waals surface area contributed by atoms with Crippen LogP contribution in [0.3, 0.4) is 0 Å². The number of rotatable bonds is 1. The molecule has 2 rings (SSSR count). The topological polar surface area (TPSA) is 0 Å². The van der Waals surface area contributed by atoms with Gasteiger partial charge in [0.05, 0.1) is 0 Å². The fourth-order valence-electron chi connectivity index (χ4n) is 1.93. The molecular weight excluding hydrogens is 183 g/mol. The Bertz CT molecular complexity index is 331. The van der Waals surface area contributed by atoms with E-state index >= 15 is 0 Å². The molecular formula is C11H14NaSi. The molecule has 1 aliphatic rings. The summed E-state index contributed by atoms with van der Waals surface area (Å²) in [7, 11) is 1.30. The number of hydrogen-bond acceptors (Lipinski definition) is 0. The molecule has 1 atom stereocenters. The molecule has 0 fully saturated rings. The van der Waals surface area contributed by atoms with Crippen molar-refractivity contribution in [1.29, 1.82) is 0 Å². The summed E-state index contributed by atoms with van der Waals surface area (Å²) in [5.41, 5.74) is 4.43. The Hall–Kier alpha value is 0.177. The first kappa shape index (κ1) is 11.3. The maximum atomic E-state index is 2.35. The van der Waals surface area contributed by atoms with Gasteiger partial charge in [0.15, 0.2) is 0 Å². The van der Waals surface area contributed by atoms with Gasteiger partial charge in [-0.2, -0.15) is 0 Å². The fourth-order valence-corrected chi connectivity index (χ4v) is 2.64. The van der Waals surface area contributed by atoms with Gasteiger partial charge in [0, 0.05) is 39.8 Å². The molecule has 1 radical (unpaired) electrons. The standard InChI is InChI=1S/C11H14Si.Na/c1-8-3-2-4-11-9(7-12)5-6-10(8)11;/h2-6,9H,7H2,1,12H3;. The third kappa shape index (κ3) is 1.99. The summed E-state index contributed by atoms with van der Waals surface area (Å²) in [4.78, 5) is 0. The summed E-state index contributed by atoms with van der Waals surface area (Å²) >= 11 is 0. The quantitative estimate of drug-likeness (QED) is 0.599. The average Bonchev–Trinajstić information content (AvgIpc) is 2.49. The molecule has 1 aromatic rings. The van der Waals surface area contributed by atoms with Gasteiger partial charge in [0.2, 0.25) is 0 Å². The number of hydrogen-bond donors (Lipinski definition) is 0. The third-order valence-corrected chi connectivity index (χ3v) is 3.57. The Morgan fingerprint density at radius 1 is 1.38 bits per heavy atom. The van der Waals surface area contributed by atoms with Crippen molar-refractivity contribution in [2.45, 2.75) is 18.9 Å². The van der Waals surface area contributed by atoms with Crippen LogP contribution in [-0.2, 0) is 0 Å². The van der Waals surface area contributed by atoms with E-state index in [2.05, 4.69) is 37.3 Å². The summed E-state index contributed by atoms with van der Waals surface area (Å²) < 4.78 is 0. The van der Waals surface area contributed by atoms with Crippen molar-refractivity contribution in [2.24, 2.45) is 0 Å². The van der Waals surface area contributed by atoms with E-state index < -0.39 is 0 Å². The van der Waals surface area contributed by atoms with Gasteiger partial charge in [0.1, 0.15) is 0 Å². The van der Waals surface area contributed by atoms with Crippen LogP contribution in [0.4, 0.5) is 0 Å². The van der Waals surface area contributed by atoms with Crippen LogP contribution >= 0.6 is 0 Å². The van der Waals surface area contributed by atoms with E-state index in [9.17, 15) is 0 Å². The van der Waals surface area contributed by atoms with Crippen LogP contribution in [0, 0.1) is 6.92 Å². The summed E-state index contributed by atoms with van der Waals surface area (Å²) in [5, 5.41) is 0. The zero-order chi connectivity index (χ0) is 8.55. The first-order valence-electron chi connectivity index (χ1n) is 4.60. The van der Waals surface area contributed by atoms with Gasteiger partial charge >= 0.3 is 0 Å². The fraction of sp³-hybridized carbons (Fsp3) is 0.273. The van der Waals surface area contributed by atoms with Crippen LogP contribution in [0.5, 0.6) is 0 Å². The van der Waals surface area contributed by atoms with Gasteiger partial charge in [-0.1, -0.05) is 36.4 Å². The van der Waals surface area contributed by atoms with Crippen LogP contribution < -0.4 is 0 Å². The molecule has 0 saturated heterocycles. The summed E-state index contributed by atoms with van der Waals surface area (Å²) in [5.74, 6) is 0.728. The van der Waals surface area contributed by atoms with Crippen molar-refractivity contribution in [3.63, 3.8) is 0 Å². The van der Waals surface area contributed by atoms with Crippen molar-refractivity contribution in [3.05, 3.63) is 41.0 Å². The Kier molecular flexibility index (Phi) is 3.99. The molecule has 0 bridgehead atoms. The van der Waals surface area contributed by atoms with Crippen molar-refractivity contribution >= 4 is 45.9 Å². The average molecular weight is 197 g/mol. The Morgan fingerprint density at radius 3 is 2.85 bits per heavy atom. The molecule has 1 unspecified atom stereocenters. The van der Waals surface area contributed by atoms with E-state index in [1.54, 1.807) is 5.56 Å². The molecule has 0 aliphatic heterocycles. The van der Waals surface area contributed by atoms with Gasteiger partial charge < -0.3 is 0 Å². The molecule has 0 N–H and O–H groups in total.